The van der Waals surface area contributed by atoms with E-state index >= 15 is 0 Å². The summed E-state index contributed by atoms with van der Waals surface area (Å²) >= 11 is 0. The molecule has 0 aromatic carbocycles. The second-order valence-corrected chi connectivity index (χ2v) is 6.37. The first-order valence-corrected chi connectivity index (χ1v) is 7.03. The van der Waals surface area contributed by atoms with Gasteiger partial charge in [-0.2, -0.15) is 0 Å². The largest absolute Gasteiger partial charge is 0.390 e. The van der Waals surface area contributed by atoms with Crippen molar-refractivity contribution in [3.63, 3.8) is 0 Å². The Morgan fingerprint density at radius 2 is 1.62 bits per heavy atom. The highest BCUT2D eigenvalue weighted by Crippen LogP contribution is 2.53. The molecule has 2 heteroatoms. The van der Waals surface area contributed by atoms with Crippen molar-refractivity contribution in [2.45, 2.75) is 63.4 Å². The molecule has 3 fully saturated rings. The van der Waals surface area contributed by atoms with Crippen LogP contribution >= 0.6 is 0 Å². The van der Waals surface area contributed by atoms with Crippen molar-refractivity contribution in [1.29, 1.82) is 0 Å². The summed E-state index contributed by atoms with van der Waals surface area (Å²) in [7, 11) is 0. The van der Waals surface area contributed by atoms with Gasteiger partial charge in [-0.3, -0.25) is 0 Å². The summed E-state index contributed by atoms with van der Waals surface area (Å²) in [4.78, 5) is 0. The third-order valence-corrected chi connectivity index (χ3v) is 5.53. The summed E-state index contributed by atoms with van der Waals surface area (Å²) < 4.78 is 5.43. The van der Waals surface area contributed by atoms with Gasteiger partial charge in [0.2, 0.25) is 0 Å². The highest BCUT2D eigenvalue weighted by Gasteiger charge is 2.47. The predicted molar refractivity (Wildman–Crippen MR) is 63.2 cm³/mol. The second-order valence-electron chi connectivity index (χ2n) is 6.37. The lowest BCUT2D eigenvalue weighted by Crippen LogP contribution is -2.44. The van der Waals surface area contributed by atoms with Gasteiger partial charge in [0.05, 0.1) is 12.2 Å². The fraction of sp³-hybridized carbons (Fsp3) is 1.00. The molecule has 1 heterocycles. The van der Waals surface area contributed by atoms with Crippen LogP contribution in [0.3, 0.4) is 0 Å². The van der Waals surface area contributed by atoms with Crippen molar-refractivity contribution < 1.29 is 9.84 Å². The van der Waals surface area contributed by atoms with E-state index < -0.39 is 0 Å². The smallest absolute Gasteiger partial charge is 0.0699 e. The van der Waals surface area contributed by atoms with Crippen LogP contribution in [0.2, 0.25) is 0 Å². The van der Waals surface area contributed by atoms with E-state index in [4.69, 9.17) is 4.74 Å². The first kappa shape index (κ1) is 11.0. The zero-order chi connectivity index (χ0) is 11.1. The Bertz CT molecular complexity index is 239. The molecule has 0 aromatic rings. The maximum atomic E-state index is 10.7. The molecule has 1 N–H and O–H groups in total. The molecule has 1 saturated heterocycles. The van der Waals surface area contributed by atoms with Gasteiger partial charge in [-0.25, -0.2) is 0 Å². The zero-order valence-corrected chi connectivity index (χ0v) is 10.2. The number of hydrogen-bond acceptors (Lipinski definition) is 2. The van der Waals surface area contributed by atoms with E-state index in [0.717, 1.165) is 32.5 Å². The van der Waals surface area contributed by atoms with Crippen LogP contribution in [-0.4, -0.2) is 23.9 Å². The molecule has 3 rings (SSSR count). The highest BCUT2D eigenvalue weighted by molar-refractivity contribution is 4.98. The van der Waals surface area contributed by atoms with Crippen LogP contribution in [0.1, 0.15) is 57.8 Å². The Labute approximate surface area is 98.4 Å². The maximum absolute atomic E-state index is 10.7. The van der Waals surface area contributed by atoms with Crippen molar-refractivity contribution in [2.24, 2.45) is 11.3 Å². The van der Waals surface area contributed by atoms with Crippen LogP contribution in [0.4, 0.5) is 0 Å². The monoisotopic (exact) mass is 224 g/mol. The van der Waals surface area contributed by atoms with E-state index in [-0.39, 0.29) is 5.60 Å². The highest BCUT2D eigenvalue weighted by atomic mass is 16.5. The molecule has 0 amide bonds. The Hall–Kier alpha value is -0.0800. The lowest BCUT2D eigenvalue weighted by molar-refractivity contribution is -0.0772. The quantitative estimate of drug-likeness (QED) is 0.742. The number of hydrogen-bond donors (Lipinski definition) is 1. The van der Waals surface area contributed by atoms with Gasteiger partial charge in [0.15, 0.2) is 0 Å². The Kier molecular flexibility index (Phi) is 2.75. The van der Waals surface area contributed by atoms with Gasteiger partial charge in [-0.1, -0.05) is 12.8 Å². The minimum absolute atomic E-state index is 0.385. The lowest BCUT2D eigenvalue weighted by Gasteiger charge is -2.44. The molecule has 92 valence electrons. The molecule has 1 atom stereocenters. The molecule has 1 spiro atoms. The average molecular weight is 224 g/mol. The number of rotatable bonds is 1. The van der Waals surface area contributed by atoms with Gasteiger partial charge >= 0.3 is 0 Å². The molecule has 2 nitrogen and oxygen atoms in total. The minimum atomic E-state index is -0.385. The Balaban J connectivity index is 1.64. The molecule has 2 saturated carbocycles. The number of aliphatic hydroxyl groups is 1. The van der Waals surface area contributed by atoms with E-state index in [1.807, 2.05) is 0 Å². The molecule has 16 heavy (non-hydrogen) atoms. The standard InChI is InChI=1S/C14H24O2/c15-14(12-3-10-16-11-12)8-6-13(7-9-14)4-1-2-5-13/h12,15H,1-11H2. The summed E-state index contributed by atoms with van der Waals surface area (Å²) in [6.07, 6.45) is 11.3. The fourth-order valence-corrected chi connectivity index (χ4v) is 4.20. The van der Waals surface area contributed by atoms with Crippen molar-refractivity contribution >= 4 is 0 Å². The van der Waals surface area contributed by atoms with E-state index in [2.05, 4.69) is 0 Å². The zero-order valence-electron chi connectivity index (χ0n) is 10.2. The van der Waals surface area contributed by atoms with Crippen LogP contribution in [-0.2, 0) is 4.74 Å². The van der Waals surface area contributed by atoms with Gasteiger partial charge in [0.25, 0.3) is 0 Å². The third kappa shape index (κ3) is 1.80. The maximum Gasteiger partial charge on any atom is 0.0699 e. The Morgan fingerprint density at radius 1 is 0.938 bits per heavy atom. The summed E-state index contributed by atoms with van der Waals surface area (Å²) in [5, 5.41) is 10.7. The molecule has 2 aliphatic carbocycles. The van der Waals surface area contributed by atoms with Crippen LogP contribution in [0.25, 0.3) is 0 Å². The number of ether oxygens (including phenoxy) is 1. The molecule has 0 bridgehead atoms. The van der Waals surface area contributed by atoms with Crippen molar-refractivity contribution in [2.75, 3.05) is 13.2 Å². The first-order chi connectivity index (χ1) is 7.73. The molecule has 1 unspecified atom stereocenters. The second kappa shape index (κ2) is 3.99. The fourth-order valence-electron chi connectivity index (χ4n) is 4.20. The van der Waals surface area contributed by atoms with E-state index in [9.17, 15) is 5.11 Å². The minimum Gasteiger partial charge on any atom is -0.390 e. The molecule has 0 radical (unpaired) electrons. The molecule has 3 aliphatic rings. The lowest BCUT2D eigenvalue weighted by atomic mass is 9.64. The van der Waals surface area contributed by atoms with E-state index in [1.165, 1.54) is 38.5 Å². The van der Waals surface area contributed by atoms with Crippen LogP contribution < -0.4 is 0 Å². The van der Waals surface area contributed by atoms with Crippen molar-refractivity contribution in [3.8, 4) is 0 Å². The molecular weight excluding hydrogens is 200 g/mol. The van der Waals surface area contributed by atoms with Crippen LogP contribution in [0.5, 0.6) is 0 Å². The SMILES string of the molecule is OC1(C2CCOC2)CCC2(CCCC2)CC1. The normalized spacial score (nSPS) is 36.9. The van der Waals surface area contributed by atoms with Gasteiger partial charge in [0, 0.05) is 12.5 Å². The summed E-state index contributed by atoms with van der Waals surface area (Å²) in [6, 6.07) is 0. The Morgan fingerprint density at radius 3 is 2.19 bits per heavy atom. The van der Waals surface area contributed by atoms with E-state index in [0.29, 0.717) is 11.3 Å². The third-order valence-electron chi connectivity index (χ3n) is 5.53. The summed E-state index contributed by atoms with van der Waals surface area (Å²) in [5.74, 6) is 0.422. The van der Waals surface area contributed by atoms with Crippen LogP contribution in [0.15, 0.2) is 0 Å². The van der Waals surface area contributed by atoms with E-state index in [1.54, 1.807) is 0 Å². The first-order valence-electron chi connectivity index (χ1n) is 7.03. The van der Waals surface area contributed by atoms with Gasteiger partial charge in [-0.05, 0) is 50.4 Å². The molecule has 1 aliphatic heterocycles. The van der Waals surface area contributed by atoms with Gasteiger partial charge in [0.1, 0.15) is 0 Å². The topological polar surface area (TPSA) is 29.5 Å². The van der Waals surface area contributed by atoms with Crippen molar-refractivity contribution in [3.05, 3.63) is 0 Å². The average Bonchev–Trinajstić information content (AvgIpc) is 2.96. The van der Waals surface area contributed by atoms with Crippen LogP contribution in [0, 0.1) is 11.3 Å². The predicted octanol–water partition coefficient (Wildman–Crippen LogP) is 2.89. The molecule has 0 aromatic heterocycles. The summed E-state index contributed by atoms with van der Waals surface area (Å²) in [6.45, 7) is 1.65. The molecular formula is C14H24O2. The van der Waals surface area contributed by atoms with Crippen molar-refractivity contribution in [1.82, 2.24) is 0 Å². The van der Waals surface area contributed by atoms with Gasteiger partial charge in [-0.15, -0.1) is 0 Å². The van der Waals surface area contributed by atoms with Gasteiger partial charge < -0.3 is 9.84 Å². The summed E-state index contributed by atoms with van der Waals surface area (Å²) in [5.41, 5.74) is 0.246.